The van der Waals surface area contributed by atoms with Gasteiger partial charge in [-0.1, -0.05) is 152 Å². The van der Waals surface area contributed by atoms with Gasteiger partial charge in [-0.25, -0.2) is 14.4 Å². The van der Waals surface area contributed by atoms with E-state index in [1.54, 1.807) is 62.8 Å². The number of Topliss-reactive ketones (excluding diaryl/α,β-unsaturated/α-hetero) is 1. The van der Waals surface area contributed by atoms with E-state index in [4.69, 9.17) is 16.0 Å². The Bertz CT molecular complexity index is 3800. The minimum atomic E-state index is -0.553. The molecule has 0 bridgehead atoms. The summed E-state index contributed by atoms with van der Waals surface area (Å²) in [6.45, 7) is 29.1. The normalized spacial score (nSPS) is 10.8. The summed E-state index contributed by atoms with van der Waals surface area (Å²) in [5.41, 5.74) is 6.59. The second-order valence-electron chi connectivity index (χ2n) is 22.9. The zero-order valence-corrected chi connectivity index (χ0v) is 48.9. The first kappa shape index (κ1) is 60.1. The molecule has 4 N–H and O–H groups in total. The summed E-state index contributed by atoms with van der Waals surface area (Å²) in [4.78, 5) is 44.9. The van der Waals surface area contributed by atoms with Gasteiger partial charge in [0.15, 0.2) is 0 Å². The van der Waals surface area contributed by atoms with Crippen LogP contribution in [0.1, 0.15) is 140 Å². The van der Waals surface area contributed by atoms with Gasteiger partial charge >= 0.3 is 12.1 Å². The van der Waals surface area contributed by atoms with Gasteiger partial charge in [0, 0.05) is 40.9 Å². The van der Waals surface area contributed by atoms with Crippen LogP contribution in [0.15, 0.2) is 127 Å². The number of ether oxygens (including phenoxy) is 2. The Morgan fingerprint density at radius 1 is 0.482 bits per heavy atom. The molecular formula is C71H65N7O5. The van der Waals surface area contributed by atoms with E-state index < -0.39 is 12.1 Å². The predicted molar refractivity (Wildman–Crippen MR) is 330 cm³/mol. The van der Waals surface area contributed by atoms with Gasteiger partial charge in [0.1, 0.15) is 29.4 Å². The molecule has 0 saturated heterocycles. The van der Waals surface area contributed by atoms with E-state index in [1.807, 2.05) is 127 Å². The van der Waals surface area contributed by atoms with Crippen molar-refractivity contribution in [2.45, 2.75) is 98.3 Å². The lowest BCUT2D eigenvalue weighted by Gasteiger charge is -2.20. The second-order valence-corrected chi connectivity index (χ2v) is 22.9. The number of hydrogen-bond acceptors (Lipinski definition) is 7. The molecule has 0 heterocycles. The van der Waals surface area contributed by atoms with Gasteiger partial charge in [-0.05, 0) is 130 Å². The fraction of sp³-hybridized carbons (Fsp3) is 0.239. The molecule has 0 aliphatic carbocycles. The lowest BCUT2D eigenvalue weighted by atomic mass is 9.84. The second kappa shape index (κ2) is 25.7. The molecule has 12 heteroatoms. The molecule has 0 spiro atoms. The Kier molecular flexibility index (Phi) is 18.7. The van der Waals surface area contributed by atoms with Gasteiger partial charge in [0.25, 0.3) is 0 Å². The van der Waals surface area contributed by atoms with Crippen LogP contribution in [0.3, 0.4) is 0 Å². The van der Waals surface area contributed by atoms with Crippen LogP contribution < -0.4 is 30.7 Å². The predicted octanol–water partition coefficient (Wildman–Crippen LogP) is 15.0. The number of ketones is 1. The molecule has 414 valence electrons. The van der Waals surface area contributed by atoms with Crippen LogP contribution in [-0.2, 0) is 33.9 Å². The fourth-order valence-electron chi connectivity index (χ4n) is 8.72. The Morgan fingerprint density at radius 2 is 0.880 bits per heavy atom. The first-order valence-electron chi connectivity index (χ1n) is 26.8. The van der Waals surface area contributed by atoms with Gasteiger partial charge in [-0.2, -0.15) is 10.5 Å². The lowest BCUT2D eigenvalue weighted by molar-refractivity contribution is -0.117. The first-order chi connectivity index (χ1) is 39.4. The zero-order valence-electron chi connectivity index (χ0n) is 48.9. The number of urea groups is 2. The number of rotatable bonds is 10. The van der Waals surface area contributed by atoms with E-state index >= 15 is 0 Å². The van der Waals surface area contributed by atoms with Gasteiger partial charge in [0.2, 0.25) is 5.69 Å². The Labute approximate surface area is 488 Å². The maximum absolute atomic E-state index is 13.8. The highest BCUT2D eigenvalue weighted by Crippen LogP contribution is 2.36. The number of nitrogens with one attached hydrogen (secondary N) is 4. The third-order valence-corrected chi connectivity index (χ3v) is 13.6. The molecule has 0 unspecified atom stereocenters. The summed E-state index contributed by atoms with van der Waals surface area (Å²) in [6.07, 6.45) is 0.200. The van der Waals surface area contributed by atoms with Crippen molar-refractivity contribution >= 4 is 46.3 Å². The molecule has 0 aromatic heterocycles. The maximum Gasteiger partial charge on any atom is 0.323 e. The van der Waals surface area contributed by atoms with E-state index in [9.17, 15) is 24.9 Å². The number of amides is 4. The van der Waals surface area contributed by atoms with Crippen LogP contribution in [-0.4, -0.2) is 32.1 Å². The molecule has 12 nitrogen and oxygen atoms in total. The van der Waals surface area contributed by atoms with E-state index in [0.717, 1.165) is 27.8 Å². The number of nitrogens with zero attached hydrogens (tertiary/aromatic N) is 3. The highest BCUT2D eigenvalue weighted by atomic mass is 16.5. The smallest absolute Gasteiger partial charge is 0.323 e. The van der Waals surface area contributed by atoms with Gasteiger partial charge in [0.05, 0.1) is 60.0 Å². The molecule has 4 amide bonds. The van der Waals surface area contributed by atoms with Crippen molar-refractivity contribution in [1.29, 1.82) is 10.5 Å². The number of aryl methyl sites for hydroxylation is 1. The molecule has 0 fully saturated rings. The van der Waals surface area contributed by atoms with Crippen LogP contribution in [0.25, 0.3) is 4.85 Å². The van der Waals surface area contributed by atoms with Crippen molar-refractivity contribution in [1.82, 2.24) is 0 Å². The number of anilines is 4. The van der Waals surface area contributed by atoms with Crippen molar-refractivity contribution in [3.05, 3.63) is 217 Å². The monoisotopic (exact) mass is 1100 g/mol. The molecule has 0 aliphatic heterocycles. The highest BCUT2D eigenvalue weighted by molar-refractivity contribution is 6.01. The van der Waals surface area contributed by atoms with Crippen LogP contribution in [0.5, 0.6) is 11.5 Å². The first-order valence-corrected chi connectivity index (χ1v) is 26.8. The average Bonchev–Trinajstić information content (AvgIpc) is 3.16. The number of carbonyl (C=O) groups excluding carboxylic acids is 3. The maximum atomic E-state index is 13.8. The van der Waals surface area contributed by atoms with Crippen molar-refractivity contribution in [2.24, 2.45) is 0 Å². The number of nitriles is 2. The van der Waals surface area contributed by atoms with Gasteiger partial charge in [-0.3, -0.25) is 4.79 Å². The molecule has 0 radical (unpaired) electrons. The zero-order chi connectivity index (χ0) is 60.2. The number of hydrogen-bond donors (Lipinski definition) is 4. The molecule has 7 aromatic carbocycles. The molecule has 7 rings (SSSR count). The Morgan fingerprint density at radius 3 is 1.30 bits per heavy atom. The van der Waals surface area contributed by atoms with Crippen molar-refractivity contribution in [3.63, 3.8) is 0 Å². The minimum absolute atomic E-state index is 0.0355. The Hall–Kier alpha value is -10.5. The summed E-state index contributed by atoms with van der Waals surface area (Å²) in [5.74, 6) is 20.3. The number of benzene rings is 7. The minimum Gasteiger partial charge on any atom is -0.497 e. The van der Waals surface area contributed by atoms with Crippen LogP contribution in [0, 0.1) is 71.7 Å². The van der Waals surface area contributed by atoms with Crippen molar-refractivity contribution in [2.75, 3.05) is 35.5 Å². The summed E-state index contributed by atoms with van der Waals surface area (Å²) in [5, 5.41) is 34.1. The van der Waals surface area contributed by atoms with E-state index in [-0.39, 0.29) is 68.4 Å². The van der Waals surface area contributed by atoms with Gasteiger partial charge in [-0.15, -0.1) is 0 Å². The van der Waals surface area contributed by atoms with E-state index in [0.29, 0.717) is 56.5 Å². The highest BCUT2D eigenvalue weighted by Gasteiger charge is 2.25. The average molecular weight is 1100 g/mol. The molecular weight excluding hydrogens is 1030 g/mol. The summed E-state index contributed by atoms with van der Waals surface area (Å²) >= 11 is 0. The van der Waals surface area contributed by atoms with E-state index in [1.165, 1.54) is 0 Å². The standard InChI is InChI=1S/C71H65N7O5/c1-45-14-25-54(26-15-45)75-67(80)78-65-37-24-53(71(8,9)10)41-50(65)21-35-61-63(44-73)59(33-20-49-40-52(70(5,6)7)23-36-64(49)77-68(81)76-55-27-31-58(83-13)32-28-55)62(43-72)60(66(61)74-11)34-19-47-39-51(69(2,3)4)22-18-48(47)42-56(79)38-46-16-29-57(82-12)30-17-46/h14-18,22-32,36-37,39-41H,38,42H2,1-10,12-13H3,(H2,75,78,80)(H2,76,77,81). The third-order valence-electron chi connectivity index (χ3n) is 13.6. The van der Waals surface area contributed by atoms with E-state index in [2.05, 4.69) is 94.5 Å². The topological polar surface area (TPSA) is 170 Å². The molecule has 83 heavy (non-hydrogen) atoms. The summed E-state index contributed by atoms with van der Waals surface area (Å²) < 4.78 is 10.6. The van der Waals surface area contributed by atoms with Gasteiger partial charge < -0.3 is 30.7 Å². The SMILES string of the molecule is [C-]#[N+]c1c(C#Cc2cc(C(C)(C)C)ccc2CC(=O)Cc2ccc(OC)cc2)c(C#N)c(C#Cc2cc(C(C)(C)C)ccc2NC(=O)Nc2ccc(OC)cc2)c(C#N)c1C#Cc1cc(C(C)(C)C)ccc1NC(=O)Nc1ccc(C)cc1. The Balaban J connectivity index is 1.46. The van der Waals surface area contributed by atoms with Crippen molar-refractivity contribution < 1.29 is 23.9 Å². The molecule has 0 saturated carbocycles. The largest absolute Gasteiger partial charge is 0.497 e. The number of carbonyl (C=O) groups is 3. The fourth-order valence-corrected chi connectivity index (χ4v) is 8.72. The molecule has 0 aliphatic rings. The molecule has 7 aromatic rings. The summed E-state index contributed by atoms with van der Waals surface area (Å²) in [7, 11) is 3.14. The summed E-state index contributed by atoms with van der Waals surface area (Å²) in [6, 6.07) is 41.7. The van der Waals surface area contributed by atoms with Crippen LogP contribution in [0.2, 0.25) is 0 Å². The molecule has 0 atom stereocenters. The number of methoxy groups -OCH3 is 2. The third kappa shape index (κ3) is 15.5. The van der Waals surface area contributed by atoms with Crippen molar-refractivity contribution in [3.8, 4) is 59.2 Å². The van der Waals surface area contributed by atoms with Crippen LogP contribution >= 0.6 is 0 Å². The quantitative estimate of drug-likeness (QED) is 0.0780. The lowest BCUT2D eigenvalue weighted by Crippen LogP contribution is -2.20. The van der Waals surface area contributed by atoms with Crippen LogP contribution in [0.4, 0.5) is 38.0 Å².